The topological polar surface area (TPSA) is 121 Å². The van der Waals surface area contributed by atoms with Crippen LogP contribution in [0.15, 0.2) is 10.6 Å². The molecule has 5 aliphatic rings. The van der Waals surface area contributed by atoms with Crippen LogP contribution in [0.1, 0.15) is 85.6 Å². The number of rotatable bonds is 5. The quantitative estimate of drug-likeness (QED) is 0.431. The van der Waals surface area contributed by atoms with Gasteiger partial charge in [0.15, 0.2) is 0 Å². The highest BCUT2D eigenvalue weighted by molar-refractivity contribution is 7.16. The van der Waals surface area contributed by atoms with Gasteiger partial charge in [0.1, 0.15) is 23.0 Å². The Labute approximate surface area is 263 Å². The minimum atomic E-state index is -0.351. The van der Waals surface area contributed by atoms with E-state index in [-0.39, 0.29) is 17.1 Å². The van der Waals surface area contributed by atoms with Crippen molar-refractivity contribution in [3.8, 4) is 23.5 Å². The molecule has 8 rings (SSSR count). The third kappa shape index (κ3) is 4.36. The van der Waals surface area contributed by atoms with Gasteiger partial charge < -0.3 is 19.9 Å². The van der Waals surface area contributed by atoms with Crippen LogP contribution in [0.5, 0.6) is 5.88 Å². The van der Waals surface area contributed by atoms with Crippen LogP contribution < -0.4 is 15.4 Å². The molecular formula is C33H42N8O2S. The number of piperazine rings is 1. The summed E-state index contributed by atoms with van der Waals surface area (Å²) in [7, 11) is 4.43. The molecule has 2 N–H and O–H groups in total. The second-order valence-electron chi connectivity index (χ2n) is 13.8. The predicted molar refractivity (Wildman–Crippen MR) is 170 cm³/mol. The summed E-state index contributed by atoms with van der Waals surface area (Å²) in [4.78, 5) is 18.7. The van der Waals surface area contributed by atoms with Crippen molar-refractivity contribution in [2.24, 2.45) is 0 Å². The number of hydrogen-bond acceptors (Lipinski definition) is 11. The minimum Gasteiger partial charge on any atom is -0.473 e. The Morgan fingerprint density at radius 3 is 2.68 bits per heavy atom. The summed E-state index contributed by atoms with van der Waals surface area (Å²) in [6.07, 6.45) is 10.5. The zero-order chi connectivity index (χ0) is 30.2. The van der Waals surface area contributed by atoms with Crippen molar-refractivity contribution >= 4 is 22.2 Å². The van der Waals surface area contributed by atoms with E-state index in [1.807, 2.05) is 6.07 Å². The highest BCUT2D eigenvalue weighted by atomic mass is 32.1. The Morgan fingerprint density at radius 1 is 1.11 bits per heavy atom. The van der Waals surface area contributed by atoms with Gasteiger partial charge in [0.2, 0.25) is 17.5 Å². The number of fused-ring (bicyclic) bond motifs is 4. The van der Waals surface area contributed by atoms with Crippen molar-refractivity contribution in [3.05, 3.63) is 33.3 Å². The van der Waals surface area contributed by atoms with Crippen LogP contribution in [0, 0.1) is 11.3 Å². The SMILES string of the molecule is C[C@H](Oc1cc(N2CCN(C)C3(CC3)C2)nc(-c2onc3c2CCC[C@@]32CCCc3sc(N)c(C#N)c32)n1)[C@@H]1CCCN1C. The van der Waals surface area contributed by atoms with Crippen molar-refractivity contribution in [1.29, 1.82) is 5.26 Å². The molecule has 11 heteroatoms. The molecule has 0 aromatic carbocycles. The number of anilines is 2. The molecule has 3 aromatic rings. The van der Waals surface area contributed by atoms with E-state index in [4.69, 9.17) is 30.1 Å². The van der Waals surface area contributed by atoms with E-state index in [2.05, 4.69) is 41.8 Å². The number of aromatic nitrogens is 3. The zero-order valence-electron chi connectivity index (χ0n) is 26.1. The smallest absolute Gasteiger partial charge is 0.219 e. The van der Waals surface area contributed by atoms with Gasteiger partial charge in [-0.1, -0.05) is 5.16 Å². The number of hydrogen-bond donors (Lipinski definition) is 1. The highest BCUT2D eigenvalue weighted by Crippen LogP contribution is 2.55. The van der Waals surface area contributed by atoms with Gasteiger partial charge in [0.05, 0.1) is 11.3 Å². The van der Waals surface area contributed by atoms with Crippen molar-refractivity contribution in [1.82, 2.24) is 24.9 Å². The van der Waals surface area contributed by atoms with Crippen molar-refractivity contribution in [2.75, 3.05) is 50.9 Å². The number of nitrogens with two attached hydrogens (primary N) is 1. The minimum absolute atomic E-state index is 0.00128. The molecule has 2 spiro atoms. The molecule has 3 aliphatic carbocycles. The van der Waals surface area contributed by atoms with Crippen LogP contribution in [0.25, 0.3) is 11.6 Å². The molecule has 44 heavy (non-hydrogen) atoms. The Kier molecular flexibility index (Phi) is 6.70. The largest absolute Gasteiger partial charge is 0.473 e. The van der Waals surface area contributed by atoms with Crippen LogP contribution in [-0.4, -0.2) is 82.9 Å². The van der Waals surface area contributed by atoms with E-state index in [1.165, 1.54) is 24.1 Å². The lowest BCUT2D eigenvalue weighted by atomic mass is 9.62. The van der Waals surface area contributed by atoms with E-state index < -0.39 is 0 Å². The normalized spacial score (nSPS) is 26.9. The summed E-state index contributed by atoms with van der Waals surface area (Å²) in [6, 6.07) is 4.82. The molecule has 1 saturated carbocycles. The number of likely N-dealkylation sites (tertiary alicyclic amines) is 1. The average Bonchev–Trinajstić information content (AvgIpc) is 3.30. The zero-order valence-corrected chi connectivity index (χ0v) is 26.9. The number of ether oxygens (including phenoxy) is 1. The Bertz CT molecular complexity index is 1630. The van der Waals surface area contributed by atoms with Gasteiger partial charge in [-0.2, -0.15) is 10.2 Å². The van der Waals surface area contributed by atoms with Crippen molar-refractivity contribution in [2.45, 2.75) is 94.2 Å². The molecule has 2 saturated heterocycles. The standard InChI is InChI=1S/C33H42N8O2S/c1-20(23-8-6-14-39(23)2)42-26-17-25(41-16-15-40(3)32(19-41)12-13-32)36-31(37-26)28-21-7-4-10-33(29(21)38-43-28)11-5-9-24-27(33)22(18-34)30(35)44-24/h17,20,23H,4-16,19,35H2,1-3H3/t20-,23-,33-/m0/s1. The van der Waals surface area contributed by atoms with E-state index in [0.29, 0.717) is 34.1 Å². The predicted octanol–water partition coefficient (Wildman–Crippen LogP) is 4.75. The van der Waals surface area contributed by atoms with Gasteiger partial charge in [0.25, 0.3) is 0 Å². The molecule has 3 aromatic heterocycles. The van der Waals surface area contributed by atoms with Gasteiger partial charge in [-0.25, -0.2) is 4.98 Å². The maximum atomic E-state index is 10.1. The fourth-order valence-corrected chi connectivity index (χ4v) is 9.87. The number of nitrogen functional groups attached to an aromatic ring is 1. The molecular weight excluding hydrogens is 572 g/mol. The Morgan fingerprint density at radius 2 is 1.93 bits per heavy atom. The fourth-order valence-electron chi connectivity index (χ4n) is 8.71. The molecule has 5 heterocycles. The molecule has 0 amide bonds. The van der Waals surface area contributed by atoms with Crippen LogP contribution in [0.4, 0.5) is 10.8 Å². The molecule has 3 fully saturated rings. The number of thiophene rings is 1. The first-order chi connectivity index (χ1) is 21.3. The monoisotopic (exact) mass is 614 g/mol. The van der Waals surface area contributed by atoms with Gasteiger partial charge in [0, 0.05) is 53.1 Å². The van der Waals surface area contributed by atoms with E-state index >= 15 is 0 Å². The third-order valence-corrected chi connectivity index (χ3v) is 12.4. The third-order valence-electron chi connectivity index (χ3n) is 11.3. The van der Waals surface area contributed by atoms with Crippen LogP contribution in [0.3, 0.4) is 0 Å². The van der Waals surface area contributed by atoms with Gasteiger partial charge >= 0.3 is 0 Å². The molecule has 3 atom stereocenters. The van der Waals surface area contributed by atoms with Crippen molar-refractivity contribution in [3.63, 3.8) is 0 Å². The lowest BCUT2D eigenvalue weighted by molar-refractivity contribution is 0.117. The van der Waals surface area contributed by atoms with E-state index in [0.717, 1.165) is 93.8 Å². The molecule has 0 unspecified atom stereocenters. The fraction of sp³-hybridized carbons (Fsp3) is 0.636. The number of aryl methyl sites for hydroxylation is 1. The maximum Gasteiger partial charge on any atom is 0.219 e. The number of nitrogens with zero attached hydrogens (tertiary/aromatic N) is 7. The van der Waals surface area contributed by atoms with Gasteiger partial charge in [-0.15, -0.1) is 11.3 Å². The molecule has 0 radical (unpaired) electrons. The van der Waals surface area contributed by atoms with E-state index in [1.54, 1.807) is 11.3 Å². The molecule has 2 aliphatic heterocycles. The van der Waals surface area contributed by atoms with Crippen LogP contribution in [0.2, 0.25) is 0 Å². The lowest BCUT2D eigenvalue weighted by Gasteiger charge is -2.40. The number of likely N-dealkylation sites (N-methyl/N-ethyl adjacent to an activating group) is 2. The Balaban J connectivity index is 1.21. The second kappa shape index (κ2) is 10.4. The Hall–Kier alpha value is -3.20. The summed E-state index contributed by atoms with van der Waals surface area (Å²) in [5.74, 6) is 2.67. The molecule has 232 valence electrons. The first-order valence-electron chi connectivity index (χ1n) is 16.4. The van der Waals surface area contributed by atoms with Crippen molar-refractivity contribution < 1.29 is 9.26 Å². The first-order valence-corrected chi connectivity index (χ1v) is 17.2. The summed E-state index contributed by atoms with van der Waals surface area (Å²) < 4.78 is 12.9. The highest BCUT2D eigenvalue weighted by Gasteiger charge is 2.50. The summed E-state index contributed by atoms with van der Waals surface area (Å²) in [5, 5.41) is 15.5. The van der Waals surface area contributed by atoms with E-state index in [9.17, 15) is 5.26 Å². The summed E-state index contributed by atoms with van der Waals surface area (Å²) in [5.41, 5.74) is 10.0. The van der Waals surface area contributed by atoms with Gasteiger partial charge in [-0.3, -0.25) is 9.80 Å². The van der Waals surface area contributed by atoms with Crippen LogP contribution in [-0.2, 0) is 18.3 Å². The number of nitriles is 1. The molecule has 0 bridgehead atoms. The summed E-state index contributed by atoms with van der Waals surface area (Å²) >= 11 is 1.57. The van der Waals surface area contributed by atoms with Gasteiger partial charge in [-0.05, 0) is 97.3 Å². The average molecular weight is 615 g/mol. The second-order valence-corrected chi connectivity index (χ2v) is 15.0. The lowest BCUT2D eigenvalue weighted by Crippen LogP contribution is -2.53. The molecule has 10 nitrogen and oxygen atoms in total. The first kappa shape index (κ1) is 28.3. The van der Waals surface area contributed by atoms with Crippen LogP contribution >= 0.6 is 11.3 Å². The summed E-state index contributed by atoms with van der Waals surface area (Å²) in [6.45, 7) is 6.12. The maximum absolute atomic E-state index is 10.1.